The summed E-state index contributed by atoms with van der Waals surface area (Å²) in [6.45, 7) is 0. The minimum absolute atomic E-state index is 0.0771. The predicted molar refractivity (Wildman–Crippen MR) is 138 cm³/mol. The first-order chi connectivity index (χ1) is 16.3. The molecule has 0 amide bonds. The van der Waals surface area contributed by atoms with Crippen molar-refractivity contribution in [2.45, 2.75) is 15.9 Å². The molecule has 4 aromatic rings. The first kappa shape index (κ1) is 25.4. The van der Waals surface area contributed by atoms with Gasteiger partial charge in [-0.1, -0.05) is 72.8 Å². The van der Waals surface area contributed by atoms with Crippen molar-refractivity contribution in [1.82, 2.24) is 0 Å². The molecule has 4 aromatic carbocycles. The molecule has 4 rings (SSSR count). The van der Waals surface area contributed by atoms with Crippen LogP contribution in [0.15, 0.2) is 119 Å². The molecule has 0 saturated carbocycles. The van der Waals surface area contributed by atoms with Gasteiger partial charge >= 0.3 is 0 Å². The molecule has 1 unspecified atom stereocenters. The lowest BCUT2D eigenvalue weighted by atomic mass is 10.0. The summed E-state index contributed by atoms with van der Waals surface area (Å²) in [5, 5.41) is 10.1. The second kappa shape index (κ2) is 11.8. The van der Waals surface area contributed by atoms with E-state index in [1.54, 1.807) is 23.9 Å². The van der Waals surface area contributed by atoms with Crippen LogP contribution >= 0.6 is 11.8 Å². The van der Waals surface area contributed by atoms with E-state index in [0.29, 0.717) is 5.56 Å². The minimum atomic E-state index is -3.19. The highest BCUT2D eigenvalue weighted by atomic mass is 32.2. The van der Waals surface area contributed by atoms with Crippen molar-refractivity contribution < 1.29 is 18.3 Å². The number of benzene rings is 4. The Morgan fingerprint density at radius 1 is 0.706 bits per heavy atom. The SMILES string of the molecule is CS(=O)(=O)c1ccc(C(O)c2ccccc2)cc1.CSc1ccc(C(=O)c2ccccc2)cc1. The molecule has 1 N–H and O–H groups in total. The number of sulfone groups is 1. The van der Waals surface area contributed by atoms with Gasteiger partial charge in [0.1, 0.15) is 6.10 Å². The molecule has 0 heterocycles. The Labute approximate surface area is 205 Å². The van der Waals surface area contributed by atoms with Crippen molar-refractivity contribution in [2.24, 2.45) is 0 Å². The monoisotopic (exact) mass is 490 g/mol. The lowest BCUT2D eigenvalue weighted by molar-refractivity contribution is 0.103. The molecule has 34 heavy (non-hydrogen) atoms. The van der Waals surface area contributed by atoms with Crippen LogP contribution in [0.5, 0.6) is 0 Å². The Hall–Kier alpha value is -3.19. The molecule has 4 nitrogen and oxygen atoms in total. The second-order valence-electron chi connectivity index (χ2n) is 7.58. The van der Waals surface area contributed by atoms with Gasteiger partial charge in [0.05, 0.1) is 4.90 Å². The Kier molecular flexibility index (Phi) is 8.82. The van der Waals surface area contributed by atoms with Gasteiger partial charge in [-0.25, -0.2) is 8.42 Å². The standard InChI is InChI=1S/C14H14O3S.C14H12OS/c1-18(16,17)13-9-7-12(8-10-13)14(15)11-5-3-2-4-6-11;1-16-13-9-7-12(8-10-13)14(15)11-5-3-2-4-6-11/h2-10,14-15H,1H3;2-10H,1H3. The number of thioether (sulfide) groups is 1. The first-order valence-corrected chi connectivity index (χ1v) is 13.7. The number of hydrogen-bond donors (Lipinski definition) is 1. The van der Waals surface area contributed by atoms with Crippen LogP contribution in [0.3, 0.4) is 0 Å². The maximum absolute atomic E-state index is 12.0. The zero-order valence-corrected chi connectivity index (χ0v) is 20.6. The molecule has 6 heteroatoms. The Morgan fingerprint density at radius 3 is 1.68 bits per heavy atom. The summed E-state index contributed by atoms with van der Waals surface area (Å²) in [6.07, 6.45) is 2.45. The molecule has 0 aliphatic carbocycles. The van der Waals surface area contributed by atoms with Crippen LogP contribution in [0.25, 0.3) is 0 Å². The van der Waals surface area contributed by atoms with Gasteiger partial charge in [-0.2, -0.15) is 0 Å². The number of ketones is 1. The lowest BCUT2D eigenvalue weighted by Gasteiger charge is -2.11. The van der Waals surface area contributed by atoms with Crippen molar-refractivity contribution in [3.8, 4) is 0 Å². The van der Waals surface area contributed by atoms with Crippen LogP contribution in [-0.2, 0) is 9.84 Å². The topological polar surface area (TPSA) is 71.4 Å². The Bertz CT molecular complexity index is 1300. The van der Waals surface area contributed by atoms with Gasteiger partial charge in [-0.3, -0.25) is 4.79 Å². The van der Waals surface area contributed by atoms with Crippen LogP contribution in [0.4, 0.5) is 0 Å². The summed E-state index contributed by atoms with van der Waals surface area (Å²) in [5.41, 5.74) is 2.93. The summed E-state index contributed by atoms with van der Waals surface area (Å²) >= 11 is 1.67. The van der Waals surface area contributed by atoms with E-state index < -0.39 is 15.9 Å². The van der Waals surface area contributed by atoms with E-state index >= 15 is 0 Å². The van der Waals surface area contributed by atoms with Crippen LogP contribution in [0.1, 0.15) is 33.2 Å². The van der Waals surface area contributed by atoms with Crippen LogP contribution in [0.2, 0.25) is 0 Å². The summed E-state index contributed by atoms with van der Waals surface area (Å²) in [5.74, 6) is 0.0771. The highest BCUT2D eigenvalue weighted by molar-refractivity contribution is 7.98. The van der Waals surface area contributed by atoms with Crippen LogP contribution < -0.4 is 0 Å². The summed E-state index contributed by atoms with van der Waals surface area (Å²) in [6, 6.07) is 32.6. The number of aliphatic hydroxyl groups is 1. The molecule has 0 saturated heterocycles. The highest BCUT2D eigenvalue weighted by Crippen LogP contribution is 2.23. The average Bonchev–Trinajstić information content (AvgIpc) is 2.89. The van der Waals surface area contributed by atoms with Gasteiger partial charge in [-0.05, 0) is 53.8 Å². The fraction of sp³-hybridized carbons (Fsp3) is 0.107. The molecule has 174 valence electrons. The average molecular weight is 491 g/mol. The third-order valence-corrected chi connectivity index (χ3v) is 7.00. The van der Waals surface area contributed by atoms with E-state index in [4.69, 9.17) is 0 Å². The van der Waals surface area contributed by atoms with Gasteiger partial charge in [0.25, 0.3) is 0 Å². The minimum Gasteiger partial charge on any atom is -0.384 e. The molecule has 0 aliphatic rings. The molecular weight excluding hydrogens is 464 g/mol. The fourth-order valence-electron chi connectivity index (χ4n) is 3.22. The highest BCUT2D eigenvalue weighted by Gasteiger charge is 2.12. The van der Waals surface area contributed by atoms with Crippen molar-refractivity contribution in [2.75, 3.05) is 12.5 Å². The van der Waals surface area contributed by atoms with Crippen molar-refractivity contribution >= 4 is 27.4 Å². The molecule has 0 aromatic heterocycles. The molecule has 0 bridgehead atoms. The number of aliphatic hydroxyl groups excluding tert-OH is 1. The zero-order chi connectivity index (χ0) is 24.6. The molecule has 0 radical (unpaired) electrons. The van der Waals surface area contributed by atoms with E-state index in [-0.39, 0.29) is 10.7 Å². The predicted octanol–water partition coefficient (Wildman–Crippen LogP) is 5.81. The van der Waals surface area contributed by atoms with Crippen molar-refractivity contribution in [3.63, 3.8) is 0 Å². The number of rotatable bonds is 6. The van der Waals surface area contributed by atoms with E-state index in [0.717, 1.165) is 22.9 Å². The number of hydrogen-bond acceptors (Lipinski definition) is 5. The normalized spacial score (nSPS) is 11.7. The maximum atomic E-state index is 12.0. The van der Waals surface area contributed by atoms with Gasteiger partial charge in [-0.15, -0.1) is 11.8 Å². The first-order valence-electron chi connectivity index (χ1n) is 10.6. The molecule has 0 fully saturated rings. The zero-order valence-electron chi connectivity index (χ0n) is 19.0. The summed E-state index contributed by atoms with van der Waals surface area (Å²) in [4.78, 5) is 13.5. The lowest BCUT2D eigenvalue weighted by Crippen LogP contribution is -2.01. The smallest absolute Gasteiger partial charge is 0.193 e. The van der Waals surface area contributed by atoms with Gasteiger partial charge in [0.15, 0.2) is 15.6 Å². The van der Waals surface area contributed by atoms with E-state index in [1.165, 1.54) is 17.0 Å². The molecule has 0 aliphatic heterocycles. The fourth-order valence-corrected chi connectivity index (χ4v) is 4.26. The van der Waals surface area contributed by atoms with Crippen LogP contribution in [-0.4, -0.2) is 31.8 Å². The van der Waals surface area contributed by atoms with Gasteiger partial charge < -0.3 is 5.11 Å². The quantitative estimate of drug-likeness (QED) is 0.273. The number of carbonyl (C=O) groups excluding carboxylic acids is 1. The van der Waals surface area contributed by atoms with Crippen LogP contribution in [0, 0.1) is 0 Å². The second-order valence-corrected chi connectivity index (χ2v) is 10.5. The van der Waals surface area contributed by atoms with E-state index in [2.05, 4.69) is 0 Å². The molecular formula is C28H26O4S2. The van der Waals surface area contributed by atoms with Gasteiger partial charge in [0.2, 0.25) is 0 Å². The molecule has 0 spiro atoms. The summed E-state index contributed by atoms with van der Waals surface area (Å²) < 4.78 is 22.6. The maximum Gasteiger partial charge on any atom is 0.193 e. The Balaban J connectivity index is 0.000000192. The van der Waals surface area contributed by atoms with Gasteiger partial charge in [0, 0.05) is 22.3 Å². The Morgan fingerprint density at radius 2 is 1.18 bits per heavy atom. The third kappa shape index (κ3) is 6.90. The third-order valence-electron chi connectivity index (χ3n) is 5.13. The van der Waals surface area contributed by atoms with E-state index in [9.17, 15) is 18.3 Å². The van der Waals surface area contributed by atoms with E-state index in [1.807, 2.05) is 91.2 Å². The largest absolute Gasteiger partial charge is 0.384 e. The van der Waals surface area contributed by atoms with Crippen molar-refractivity contribution in [1.29, 1.82) is 0 Å². The van der Waals surface area contributed by atoms with Crippen molar-refractivity contribution in [3.05, 3.63) is 131 Å². The number of carbonyl (C=O) groups is 1. The molecule has 1 atom stereocenters. The summed E-state index contributed by atoms with van der Waals surface area (Å²) in [7, 11) is -3.19.